The fourth-order valence-corrected chi connectivity index (χ4v) is 1.12. The van der Waals surface area contributed by atoms with Crippen LogP contribution in [0.5, 0.6) is 0 Å². The molecule has 0 radical (unpaired) electrons. The van der Waals surface area contributed by atoms with Crippen LogP contribution in [-0.2, 0) is 15.6 Å². The van der Waals surface area contributed by atoms with E-state index < -0.39 is 29.4 Å². The van der Waals surface area contributed by atoms with Gasteiger partial charge in [0.1, 0.15) is 6.54 Å². The molecule has 8 heteroatoms. The lowest BCUT2D eigenvalue weighted by Crippen LogP contribution is -2.41. The van der Waals surface area contributed by atoms with Crippen molar-refractivity contribution in [3.05, 3.63) is 0 Å². The highest BCUT2D eigenvalue weighted by Gasteiger charge is 2.27. The minimum Gasteiger partial charge on any atom is -0.346 e. The van der Waals surface area contributed by atoms with Gasteiger partial charge < -0.3 is 10.6 Å². The fourth-order valence-electron chi connectivity index (χ4n) is 0.768. The molecule has 0 bridgehead atoms. The van der Waals surface area contributed by atoms with Gasteiger partial charge in [-0.3, -0.25) is 9.00 Å². The molecule has 0 aliphatic heterocycles. The van der Waals surface area contributed by atoms with E-state index in [0.717, 1.165) is 0 Å². The van der Waals surface area contributed by atoms with Gasteiger partial charge in [-0.15, -0.1) is 0 Å². The van der Waals surface area contributed by atoms with Crippen LogP contribution >= 0.6 is 0 Å². The third kappa shape index (κ3) is 8.66. The summed E-state index contributed by atoms with van der Waals surface area (Å²) in [7, 11) is -1.02. The Labute approximate surface area is 94.4 Å². The monoisotopic (exact) mass is 260 g/mol. The molecule has 0 aromatic carbocycles. The third-order valence-corrected chi connectivity index (χ3v) is 3.07. The smallest absolute Gasteiger partial charge is 0.346 e. The Kier molecular flexibility index (Phi) is 6.58. The summed E-state index contributed by atoms with van der Waals surface area (Å²) in [5, 5.41) is 4.21. The molecule has 0 aromatic rings. The molecule has 0 rings (SSSR count). The second kappa shape index (κ2) is 6.85. The summed E-state index contributed by atoms with van der Waals surface area (Å²) in [6, 6.07) is 0. The Balaban J connectivity index is 3.63. The van der Waals surface area contributed by atoms with E-state index >= 15 is 0 Å². The number of hydrogen-bond donors (Lipinski definition) is 2. The number of nitrogens with one attached hydrogen (secondary N) is 2. The SMILES string of the molecule is CC(CNCC(=O)NCC(F)(F)F)S(C)=O. The first-order valence-electron chi connectivity index (χ1n) is 4.59. The lowest BCUT2D eigenvalue weighted by Gasteiger charge is -2.11. The van der Waals surface area contributed by atoms with Crippen molar-refractivity contribution in [2.75, 3.05) is 25.9 Å². The molecule has 96 valence electrons. The lowest BCUT2D eigenvalue weighted by molar-refractivity contribution is -0.137. The fraction of sp³-hybridized carbons (Fsp3) is 0.875. The van der Waals surface area contributed by atoms with Gasteiger partial charge in [0.25, 0.3) is 0 Å². The van der Waals surface area contributed by atoms with Crippen LogP contribution in [0.4, 0.5) is 13.2 Å². The van der Waals surface area contributed by atoms with Gasteiger partial charge in [0.15, 0.2) is 0 Å². The highest BCUT2D eigenvalue weighted by Crippen LogP contribution is 2.11. The molecule has 4 nitrogen and oxygen atoms in total. The van der Waals surface area contributed by atoms with Crippen LogP contribution in [0, 0.1) is 0 Å². The zero-order valence-electron chi connectivity index (χ0n) is 9.06. The Morgan fingerprint density at radius 1 is 1.44 bits per heavy atom. The Bertz CT molecular complexity index is 258. The highest BCUT2D eigenvalue weighted by atomic mass is 32.2. The summed E-state index contributed by atoms with van der Waals surface area (Å²) in [6.07, 6.45) is -2.87. The highest BCUT2D eigenvalue weighted by molar-refractivity contribution is 7.84. The third-order valence-electron chi connectivity index (χ3n) is 1.77. The molecule has 16 heavy (non-hydrogen) atoms. The van der Waals surface area contributed by atoms with E-state index in [-0.39, 0.29) is 11.8 Å². The average Bonchev–Trinajstić information content (AvgIpc) is 2.13. The summed E-state index contributed by atoms with van der Waals surface area (Å²) >= 11 is 0. The Hall–Kier alpha value is -0.630. The largest absolute Gasteiger partial charge is 0.405 e. The van der Waals surface area contributed by atoms with Crippen LogP contribution in [0.15, 0.2) is 0 Å². The molecule has 2 atom stereocenters. The topological polar surface area (TPSA) is 58.2 Å². The molecule has 0 heterocycles. The van der Waals surface area contributed by atoms with Crippen LogP contribution in [0.25, 0.3) is 0 Å². The number of halogens is 3. The summed E-state index contributed by atoms with van der Waals surface area (Å²) < 4.78 is 46.0. The summed E-state index contributed by atoms with van der Waals surface area (Å²) in [4.78, 5) is 10.9. The Morgan fingerprint density at radius 3 is 2.44 bits per heavy atom. The normalized spacial score (nSPS) is 15.6. The number of alkyl halides is 3. The average molecular weight is 260 g/mol. The lowest BCUT2D eigenvalue weighted by atomic mass is 10.4. The van der Waals surface area contributed by atoms with E-state index in [0.29, 0.717) is 6.54 Å². The molecule has 0 fully saturated rings. The predicted molar refractivity (Wildman–Crippen MR) is 55.5 cm³/mol. The van der Waals surface area contributed by atoms with Crippen LogP contribution in [0.3, 0.4) is 0 Å². The van der Waals surface area contributed by atoms with Gasteiger partial charge in [-0.2, -0.15) is 13.2 Å². The summed E-state index contributed by atoms with van der Waals surface area (Å²) in [6.45, 7) is 0.500. The van der Waals surface area contributed by atoms with Crippen molar-refractivity contribution in [1.82, 2.24) is 10.6 Å². The number of carbonyl (C=O) groups is 1. The zero-order chi connectivity index (χ0) is 12.8. The number of hydrogen-bond acceptors (Lipinski definition) is 3. The molecule has 0 spiro atoms. The maximum absolute atomic E-state index is 11.7. The maximum Gasteiger partial charge on any atom is 0.405 e. The van der Waals surface area contributed by atoms with E-state index in [4.69, 9.17) is 0 Å². The van der Waals surface area contributed by atoms with Crippen LogP contribution in [0.1, 0.15) is 6.92 Å². The van der Waals surface area contributed by atoms with E-state index in [1.165, 1.54) is 6.26 Å². The number of rotatable bonds is 6. The van der Waals surface area contributed by atoms with Gasteiger partial charge in [-0.25, -0.2) is 0 Å². The second-order valence-corrected chi connectivity index (χ2v) is 5.13. The van der Waals surface area contributed by atoms with Crippen LogP contribution in [0.2, 0.25) is 0 Å². The molecular weight excluding hydrogens is 245 g/mol. The van der Waals surface area contributed by atoms with Crippen molar-refractivity contribution in [2.24, 2.45) is 0 Å². The first-order valence-corrected chi connectivity index (χ1v) is 6.21. The van der Waals surface area contributed by atoms with E-state index in [9.17, 15) is 22.2 Å². The molecule has 0 aromatic heterocycles. The van der Waals surface area contributed by atoms with Gasteiger partial charge in [0.2, 0.25) is 5.91 Å². The van der Waals surface area contributed by atoms with Crippen molar-refractivity contribution in [2.45, 2.75) is 18.3 Å². The van der Waals surface area contributed by atoms with Crippen molar-refractivity contribution in [3.8, 4) is 0 Å². The van der Waals surface area contributed by atoms with E-state index in [1.807, 2.05) is 0 Å². The first kappa shape index (κ1) is 15.4. The standard InChI is InChI=1S/C8H15F3N2O2S/c1-6(16(2)15)3-12-4-7(14)13-5-8(9,10)11/h6,12H,3-5H2,1-2H3,(H,13,14). The van der Waals surface area contributed by atoms with Crippen molar-refractivity contribution in [1.29, 1.82) is 0 Å². The molecule has 0 saturated heterocycles. The van der Waals surface area contributed by atoms with Crippen LogP contribution in [-0.4, -0.2) is 47.4 Å². The molecule has 0 aliphatic carbocycles. The zero-order valence-corrected chi connectivity index (χ0v) is 9.87. The molecule has 0 aliphatic rings. The molecule has 2 N–H and O–H groups in total. The summed E-state index contributed by atoms with van der Waals surface area (Å²) in [5.41, 5.74) is 0. The van der Waals surface area contributed by atoms with Gasteiger partial charge in [0, 0.05) is 28.9 Å². The number of amides is 1. The number of carbonyl (C=O) groups excluding carboxylic acids is 1. The second-order valence-electron chi connectivity index (χ2n) is 3.33. The quantitative estimate of drug-likeness (QED) is 0.708. The molecule has 1 amide bonds. The van der Waals surface area contributed by atoms with Crippen molar-refractivity contribution < 1.29 is 22.2 Å². The van der Waals surface area contributed by atoms with Gasteiger partial charge in [0.05, 0.1) is 6.54 Å². The van der Waals surface area contributed by atoms with Gasteiger partial charge >= 0.3 is 6.18 Å². The maximum atomic E-state index is 11.7. The van der Waals surface area contributed by atoms with Gasteiger partial charge in [-0.1, -0.05) is 0 Å². The van der Waals surface area contributed by atoms with E-state index in [2.05, 4.69) is 5.32 Å². The molecular formula is C8H15F3N2O2S. The van der Waals surface area contributed by atoms with E-state index in [1.54, 1.807) is 12.2 Å². The molecule has 0 saturated carbocycles. The Morgan fingerprint density at radius 2 is 2.00 bits per heavy atom. The minimum atomic E-state index is -4.39. The van der Waals surface area contributed by atoms with Crippen LogP contribution < -0.4 is 10.6 Å². The van der Waals surface area contributed by atoms with Gasteiger partial charge in [-0.05, 0) is 6.92 Å². The first-order chi connectivity index (χ1) is 7.22. The van der Waals surface area contributed by atoms with Crippen molar-refractivity contribution >= 4 is 16.7 Å². The molecule has 2 unspecified atom stereocenters. The summed E-state index contributed by atoms with van der Waals surface area (Å²) in [5.74, 6) is -0.730. The predicted octanol–water partition coefficient (Wildman–Crippen LogP) is 0.0215. The minimum absolute atomic E-state index is 0.143. The van der Waals surface area contributed by atoms with Crippen molar-refractivity contribution in [3.63, 3.8) is 0 Å².